The highest BCUT2D eigenvalue weighted by molar-refractivity contribution is 7.13. The van der Waals surface area contributed by atoms with Crippen LogP contribution in [0.15, 0.2) is 12.1 Å². The molecule has 1 unspecified atom stereocenters. The van der Waals surface area contributed by atoms with Crippen LogP contribution >= 0.6 is 11.3 Å². The molecule has 0 spiro atoms. The fourth-order valence-corrected chi connectivity index (χ4v) is 3.82. The summed E-state index contributed by atoms with van der Waals surface area (Å²) in [7, 11) is 0. The Hall–Kier alpha value is -1.40. The van der Waals surface area contributed by atoms with Crippen molar-refractivity contribution in [3.63, 3.8) is 0 Å². The fraction of sp³-hybridized carbons (Fsp3) is 0.625. The summed E-state index contributed by atoms with van der Waals surface area (Å²) < 4.78 is 0. The number of thiophene rings is 1. The van der Waals surface area contributed by atoms with E-state index in [4.69, 9.17) is 0 Å². The Balaban J connectivity index is 1.53. The molecule has 2 amide bonds. The standard InChI is InChI=1S/C16H23N3O2S/c1-11-3-4-14(22-11)16(21)19-7-5-18(6-8-19)15(20)12(2)13-9-17-10-13/h3-4,12-13,17H,5-10H2,1-2H3. The number of rotatable bonds is 3. The zero-order chi connectivity index (χ0) is 15.7. The van der Waals surface area contributed by atoms with E-state index < -0.39 is 0 Å². The first-order valence-corrected chi connectivity index (χ1v) is 8.73. The predicted octanol–water partition coefficient (Wildman–Crippen LogP) is 1.20. The lowest BCUT2D eigenvalue weighted by molar-refractivity contribution is -0.138. The average molecular weight is 321 g/mol. The largest absolute Gasteiger partial charge is 0.339 e. The molecule has 0 aromatic carbocycles. The van der Waals surface area contributed by atoms with E-state index in [0.29, 0.717) is 32.1 Å². The highest BCUT2D eigenvalue weighted by atomic mass is 32.1. The lowest BCUT2D eigenvalue weighted by Gasteiger charge is -2.39. The molecule has 0 saturated carbocycles. The minimum absolute atomic E-state index is 0.0865. The number of nitrogens with one attached hydrogen (secondary N) is 1. The zero-order valence-corrected chi connectivity index (χ0v) is 14.0. The Morgan fingerprint density at radius 2 is 1.82 bits per heavy atom. The molecule has 120 valence electrons. The molecule has 0 aliphatic carbocycles. The molecule has 6 heteroatoms. The zero-order valence-electron chi connectivity index (χ0n) is 13.2. The van der Waals surface area contributed by atoms with Crippen molar-refractivity contribution >= 4 is 23.2 Å². The SMILES string of the molecule is Cc1ccc(C(=O)N2CCN(C(=O)C(C)C3CNC3)CC2)s1. The number of hydrogen-bond donors (Lipinski definition) is 1. The summed E-state index contributed by atoms with van der Waals surface area (Å²) in [5, 5.41) is 3.22. The van der Waals surface area contributed by atoms with E-state index in [2.05, 4.69) is 5.32 Å². The molecular formula is C16H23N3O2S. The van der Waals surface area contributed by atoms with Gasteiger partial charge in [-0.3, -0.25) is 9.59 Å². The van der Waals surface area contributed by atoms with E-state index in [1.54, 1.807) is 0 Å². The minimum atomic E-state index is 0.0865. The van der Waals surface area contributed by atoms with Crippen molar-refractivity contribution < 1.29 is 9.59 Å². The summed E-state index contributed by atoms with van der Waals surface area (Å²) in [6.45, 7) is 8.51. The van der Waals surface area contributed by atoms with E-state index >= 15 is 0 Å². The molecule has 1 aromatic heterocycles. The molecule has 1 N–H and O–H groups in total. The van der Waals surface area contributed by atoms with Gasteiger partial charge in [-0.05, 0) is 38.1 Å². The lowest BCUT2D eigenvalue weighted by atomic mass is 9.88. The van der Waals surface area contributed by atoms with Crippen LogP contribution in [0.1, 0.15) is 21.5 Å². The molecule has 0 radical (unpaired) electrons. The first kappa shape index (κ1) is 15.5. The molecule has 1 atom stereocenters. The number of carbonyl (C=O) groups excluding carboxylic acids is 2. The first-order valence-electron chi connectivity index (χ1n) is 7.91. The Labute approximate surface area is 135 Å². The number of hydrogen-bond acceptors (Lipinski definition) is 4. The maximum Gasteiger partial charge on any atom is 0.264 e. The Morgan fingerprint density at radius 1 is 1.18 bits per heavy atom. The fourth-order valence-electron chi connectivity index (χ4n) is 2.99. The molecule has 1 aromatic rings. The average Bonchev–Trinajstić information content (AvgIpc) is 2.90. The third-order valence-corrected chi connectivity index (χ3v) is 5.73. The second-order valence-electron chi connectivity index (χ2n) is 6.23. The third-order valence-electron chi connectivity index (χ3n) is 4.74. The van der Waals surface area contributed by atoms with Crippen molar-refractivity contribution in [2.24, 2.45) is 11.8 Å². The molecule has 3 rings (SSSR count). The molecule has 0 bridgehead atoms. The van der Waals surface area contributed by atoms with Gasteiger partial charge in [0.15, 0.2) is 0 Å². The maximum atomic E-state index is 12.5. The van der Waals surface area contributed by atoms with Crippen molar-refractivity contribution in [1.29, 1.82) is 0 Å². The van der Waals surface area contributed by atoms with Crippen LogP contribution in [0.5, 0.6) is 0 Å². The minimum Gasteiger partial charge on any atom is -0.339 e. The van der Waals surface area contributed by atoms with Gasteiger partial charge in [-0.15, -0.1) is 11.3 Å². The Morgan fingerprint density at radius 3 is 2.32 bits per heavy atom. The highest BCUT2D eigenvalue weighted by Crippen LogP contribution is 2.21. The topological polar surface area (TPSA) is 52.7 Å². The summed E-state index contributed by atoms with van der Waals surface area (Å²) in [6, 6.07) is 3.87. The van der Waals surface area contributed by atoms with Crippen LogP contribution in [0.2, 0.25) is 0 Å². The molecule has 22 heavy (non-hydrogen) atoms. The van der Waals surface area contributed by atoms with Crippen molar-refractivity contribution in [1.82, 2.24) is 15.1 Å². The lowest BCUT2D eigenvalue weighted by Crippen LogP contribution is -2.55. The smallest absolute Gasteiger partial charge is 0.264 e. The van der Waals surface area contributed by atoms with Crippen molar-refractivity contribution in [3.8, 4) is 0 Å². The molecule has 2 aliphatic heterocycles. The van der Waals surface area contributed by atoms with Gasteiger partial charge in [0.1, 0.15) is 0 Å². The van der Waals surface area contributed by atoms with Gasteiger partial charge in [-0.2, -0.15) is 0 Å². The second kappa shape index (κ2) is 6.38. The van der Waals surface area contributed by atoms with Crippen LogP contribution in [0, 0.1) is 18.8 Å². The number of nitrogens with zero attached hydrogens (tertiary/aromatic N) is 2. The van der Waals surface area contributed by atoms with Crippen molar-refractivity contribution in [2.45, 2.75) is 13.8 Å². The van der Waals surface area contributed by atoms with Gasteiger partial charge < -0.3 is 15.1 Å². The summed E-state index contributed by atoms with van der Waals surface area (Å²) in [4.78, 5) is 30.6. The monoisotopic (exact) mass is 321 g/mol. The Kier molecular flexibility index (Phi) is 4.49. The molecule has 3 heterocycles. The first-order chi connectivity index (χ1) is 10.6. The summed E-state index contributed by atoms with van der Waals surface area (Å²) in [6.07, 6.45) is 0. The van der Waals surface area contributed by atoms with Crippen LogP contribution in [-0.4, -0.2) is 60.9 Å². The molecule has 2 saturated heterocycles. The molecule has 2 fully saturated rings. The van der Waals surface area contributed by atoms with E-state index in [9.17, 15) is 9.59 Å². The Bertz CT molecular complexity index is 559. The molecule has 5 nitrogen and oxygen atoms in total. The van der Waals surface area contributed by atoms with Gasteiger partial charge in [0.05, 0.1) is 4.88 Å². The number of amides is 2. The number of aryl methyl sites for hydroxylation is 1. The van der Waals surface area contributed by atoms with Crippen LogP contribution in [-0.2, 0) is 4.79 Å². The van der Waals surface area contributed by atoms with E-state index in [1.165, 1.54) is 11.3 Å². The maximum absolute atomic E-state index is 12.5. The van der Waals surface area contributed by atoms with E-state index in [0.717, 1.165) is 22.8 Å². The quantitative estimate of drug-likeness (QED) is 0.910. The summed E-state index contributed by atoms with van der Waals surface area (Å²) in [5.41, 5.74) is 0. The van der Waals surface area contributed by atoms with Gasteiger partial charge in [-0.25, -0.2) is 0 Å². The molecule has 2 aliphatic rings. The summed E-state index contributed by atoms with van der Waals surface area (Å²) in [5.74, 6) is 0.900. The predicted molar refractivity (Wildman–Crippen MR) is 87.1 cm³/mol. The van der Waals surface area contributed by atoms with Gasteiger partial charge >= 0.3 is 0 Å². The highest BCUT2D eigenvalue weighted by Gasteiger charge is 2.33. The van der Waals surface area contributed by atoms with Crippen molar-refractivity contribution in [3.05, 3.63) is 21.9 Å². The van der Waals surface area contributed by atoms with Crippen LogP contribution in [0.25, 0.3) is 0 Å². The van der Waals surface area contributed by atoms with Gasteiger partial charge in [-0.1, -0.05) is 6.92 Å². The second-order valence-corrected chi connectivity index (χ2v) is 7.52. The summed E-state index contributed by atoms with van der Waals surface area (Å²) >= 11 is 1.54. The number of piperazine rings is 1. The third kappa shape index (κ3) is 3.03. The van der Waals surface area contributed by atoms with Crippen LogP contribution in [0.3, 0.4) is 0 Å². The van der Waals surface area contributed by atoms with E-state index in [-0.39, 0.29) is 17.7 Å². The normalized spacial score (nSPS) is 20.6. The van der Waals surface area contributed by atoms with Gasteiger partial charge in [0.2, 0.25) is 5.91 Å². The number of carbonyl (C=O) groups is 2. The molecular weight excluding hydrogens is 298 g/mol. The van der Waals surface area contributed by atoms with Crippen molar-refractivity contribution in [2.75, 3.05) is 39.3 Å². The van der Waals surface area contributed by atoms with Gasteiger partial charge in [0, 0.05) is 37.0 Å². The van der Waals surface area contributed by atoms with Crippen LogP contribution in [0.4, 0.5) is 0 Å². The van der Waals surface area contributed by atoms with Gasteiger partial charge in [0.25, 0.3) is 5.91 Å². The van der Waals surface area contributed by atoms with Crippen LogP contribution < -0.4 is 5.32 Å². The van der Waals surface area contributed by atoms with E-state index in [1.807, 2.05) is 35.8 Å².